The molecule has 0 saturated heterocycles. The van der Waals surface area contributed by atoms with E-state index in [9.17, 15) is 18.4 Å². The zero-order chi connectivity index (χ0) is 24.8. The summed E-state index contributed by atoms with van der Waals surface area (Å²) in [4.78, 5) is 29.4. The highest BCUT2D eigenvalue weighted by Crippen LogP contribution is 2.33. The van der Waals surface area contributed by atoms with Gasteiger partial charge in [-0.05, 0) is 60.0 Å². The van der Waals surface area contributed by atoms with Crippen molar-refractivity contribution in [2.24, 2.45) is 11.8 Å². The minimum atomic E-state index is -1.20. The van der Waals surface area contributed by atoms with Crippen molar-refractivity contribution in [1.82, 2.24) is 5.32 Å². The standard InChI is InChI=1S/C25H22ClF2N3O3/c1-14(2)21(15-6-10-17(26)11-7-15)23(34-29)16-8-12-18(13-9-16)30-25(33)31-24(32)22-19(27)4-3-5-20(22)28/h3-14H,29H2,1-2H3,(H2,30,31,32,33). The molecule has 176 valence electrons. The molecule has 3 aromatic carbocycles. The molecule has 6 nitrogen and oxygen atoms in total. The van der Waals surface area contributed by atoms with Crippen LogP contribution in [0.3, 0.4) is 0 Å². The lowest BCUT2D eigenvalue weighted by Crippen LogP contribution is -2.35. The Morgan fingerprint density at radius 1 is 0.912 bits per heavy atom. The molecule has 34 heavy (non-hydrogen) atoms. The van der Waals surface area contributed by atoms with Crippen LogP contribution in [-0.4, -0.2) is 11.9 Å². The minimum Gasteiger partial charge on any atom is -0.411 e. The number of urea groups is 1. The number of hydrogen-bond donors (Lipinski definition) is 3. The first-order chi connectivity index (χ1) is 16.2. The summed E-state index contributed by atoms with van der Waals surface area (Å²) in [6, 6.07) is 15.8. The fraction of sp³-hybridized carbons (Fsp3) is 0.120. The fourth-order valence-corrected chi connectivity index (χ4v) is 3.52. The quantitative estimate of drug-likeness (QED) is 0.227. The third-order valence-electron chi connectivity index (χ3n) is 4.92. The van der Waals surface area contributed by atoms with Gasteiger partial charge in [-0.1, -0.05) is 43.6 Å². The van der Waals surface area contributed by atoms with Gasteiger partial charge in [0.1, 0.15) is 17.2 Å². The summed E-state index contributed by atoms with van der Waals surface area (Å²) in [5.74, 6) is 2.77. The van der Waals surface area contributed by atoms with Crippen molar-refractivity contribution in [3.63, 3.8) is 0 Å². The van der Waals surface area contributed by atoms with Crippen molar-refractivity contribution >= 4 is 40.6 Å². The second-order valence-electron chi connectivity index (χ2n) is 7.60. The predicted molar refractivity (Wildman–Crippen MR) is 128 cm³/mol. The van der Waals surface area contributed by atoms with Crippen LogP contribution in [0.5, 0.6) is 0 Å². The molecule has 0 fully saturated rings. The molecule has 0 aliphatic heterocycles. The van der Waals surface area contributed by atoms with Gasteiger partial charge in [-0.15, -0.1) is 0 Å². The lowest BCUT2D eigenvalue weighted by atomic mass is 9.92. The van der Waals surface area contributed by atoms with E-state index in [1.54, 1.807) is 36.4 Å². The number of rotatable bonds is 6. The van der Waals surface area contributed by atoms with Crippen LogP contribution in [0, 0.1) is 17.6 Å². The van der Waals surface area contributed by atoms with Crippen LogP contribution in [0.25, 0.3) is 11.3 Å². The molecule has 0 saturated carbocycles. The number of allylic oxidation sites excluding steroid dienone is 1. The second kappa shape index (κ2) is 10.9. The van der Waals surface area contributed by atoms with E-state index in [1.807, 2.05) is 31.3 Å². The summed E-state index contributed by atoms with van der Waals surface area (Å²) >= 11 is 6.00. The van der Waals surface area contributed by atoms with Crippen LogP contribution in [0.1, 0.15) is 35.3 Å². The first-order valence-corrected chi connectivity index (χ1v) is 10.6. The normalized spacial score (nSPS) is 11.6. The van der Waals surface area contributed by atoms with Gasteiger partial charge < -0.3 is 10.2 Å². The van der Waals surface area contributed by atoms with Gasteiger partial charge >= 0.3 is 6.03 Å². The first kappa shape index (κ1) is 24.9. The lowest BCUT2D eigenvalue weighted by Gasteiger charge is -2.18. The molecule has 0 aromatic heterocycles. The number of anilines is 1. The van der Waals surface area contributed by atoms with Gasteiger partial charge in [0.25, 0.3) is 5.91 Å². The number of hydrogen-bond acceptors (Lipinski definition) is 4. The molecule has 0 unspecified atom stereocenters. The van der Waals surface area contributed by atoms with E-state index in [1.165, 1.54) is 0 Å². The molecule has 3 aromatic rings. The average Bonchev–Trinajstić information content (AvgIpc) is 2.78. The molecular weight excluding hydrogens is 464 g/mol. The summed E-state index contributed by atoms with van der Waals surface area (Å²) in [7, 11) is 0. The van der Waals surface area contributed by atoms with Crippen LogP contribution in [0.2, 0.25) is 5.02 Å². The maximum atomic E-state index is 13.7. The van der Waals surface area contributed by atoms with Gasteiger partial charge in [0.15, 0.2) is 5.76 Å². The summed E-state index contributed by atoms with van der Waals surface area (Å²) in [6.07, 6.45) is 0. The Hall–Kier alpha value is -3.75. The van der Waals surface area contributed by atoms with Crippen molar-refractivity contribution in [2.45, 2.75) is 13.8 Å². The smallest absolute Gasteiger partial charge is 0.326 e. The van der Waals surface area contributed by atoms with Crippen LogP contribution < -0.4 is 16.5 Å². The van der Waals surface area contributed by atoms with Gasteiger partial charge in [-0.25, -0.2) is 13.6 Å². The Morgan fingerprint density at radius 2 is 1.47 bits per heavy atom. The van der Waals surface area contributed by atoms with E-state index in [-0.39, 0.29) is 5.92 Å². The topological polar surface area (TPSA) is 93.4 Å². The molecule has 0 spiro atoms. The highest BCUT2D eigenvalue weighted by molar-refractivity contribution is 6.30. The maximum Gasteiger partial charge on any atom is 0.326 e. The van der Waals surface area contributed by atoms with E-state index in [2.05, 4.69) is 5.32 Å². The van der Waals surface area contributed by atoms with Gasteiger partial charge in [-0.3, -0.25) is 10.1 Å². The monoisotopic (exact) mass is 485 g/mol. The second-order valence-corrected chi connectivity index (χ2v) is 8.04. The molecule has 4 N–H and O–H groups in total. The van der Waals surface area contributed by atoms with Gasteiger partial charge in [0.2, 0.25) is 0 Å². The van der Waals surface area contributed by atoms with E-state index < -0.39 is 29.1 Å². The molecule has 0 radical (unpaired) electrons. The van der Waals surface area contributed by atoms with Crippen molar-refractivity contribution in [2.75, 3.05) is 5.32 Å². The van der Waals surface area contributed by atoms with E-state index in [0.29, 0.717) is 22.0 Å². The highest BCUT2D eigenvalue weighted by Gasteiger charge is 2.20. The van der Waals surface area contributed by atoms with Gasteiger partial charge in [-0.2, -0.15) is 5.90 Å². The summed E-state index contributed by atoms with van der Waals surface area (Å²) in [5.41, 5.74) is 1.88. The van der Waals surface area contributed by atoms with Crippen molar-refractivity contribution < 1.29 is 23.2 Å². The third-order valence-corrected chi connectivity index (χ3v) is 5.17. The number of halogens is 3. The maximum absolute atomic E-state index is 13.7. The number of imide groups is 1. The fourth-order valence-electron chi connectivity index (χ4n) is 3.39. The average molecular weight is 486 g/mol. The molecule has 0 heterocycles. The van der Waals surface area contributed by atoms with Crippen LogP contribution in [0.15, 0.2) is 66.7 Å². The first-order valence-electron chi connectivity index (χ1n) is 10.2. The molecule has 0 aliphatic rings. The largest absolute Gasteiger partial charge is 0.411 e. The Labute approximate surface area is 200 Å². The van der Waals surface area contributed by atoms with E-state index in [4.69, 9.17) is 22.3 Å². The Balaban J connectivity index is 1.79. The highest BCUT2D eigenvalue weighted by atomic mass is 35.5. The Morgan fingerprint density at radius 3 is 2.00 bits per heavy atom. The van der Waals surface area contributed by atoms with E-state index >= 15 is 0 Å². The number of carbonyl (C=O) groups is 2. The molecule has 0 atom stereocenters. The molecule has 0 aliphatic carbocycles. The zero-order valence-electron chi connectivity index (χ0n) is 18.4. The summed E-state index contributed by atoms with van der Waals surface area (Å²) in [5, 5.41) is 4.94. The number of carbonyl (C=O) groups excluding carboxylic acids is 2. The number of nitrogens with one attached hydrogen (secondary N) is 2. The predicted octanol–water partition coefficient (Wildman–Crippen LogP) is 5.99. The molecule has 3 rings (SSSR count). The summed E-state index contributed by atoms with van der Waals surface area (Å²) < 4.78 is 27.5. The van der Waals surface area contributed by atoms with E-state index in [0.717, 1.165) is 29.3 Å². The van der Waals surface area contributed by atoms with Crippen LogP contribution in [0.4, 0.5) is 19.3 Å². The van der Waals surface area contributed by atoms with Gasteiger partial charge in [0.05, 0.1) is 0 Å². The number of amides is 3. The SMILES string of the molecule is CC(C)C(=C(ON)c1ccc(NC(=O)NC(=O)c2c(F)cccc2F)cc1)c1ccc(Cl)cc1. The van der Waals surface area contributed by atoms with Crippen molar-refractivity contribution in [3.8, 4) is 0 Å². The molecule has 0 bridgehead atoms. The zero-order valence-corrected chi connectivity index (χ0v) is 19.1. The van der Waals surface area contributed by atoms with Gasteiger partial charge in [0, 0.05) is 21.8 Å². The van der Waals surface area contributed by atoms with Crippen molar-refractivity contribution in [1.29, 1.82) is 0 Å². The Kier molecular flexibility index (Phi) is 7.99. The number of benzene rings is 3. The summed E-state index contributed by atoms with van der Waals surface area (Å²) in [6.45, 7) is 4.00. The lowest BCUT2D eigenvalue weighted by molar-refractivity contribution is 0.0959. The molecule has 3 amide bonds. The van der Waals surface area contributed by atoms with Crippen LogP contribution in [-0.2, 0) is 4.84 Å². The Bertz CT molecular complexity index is 1210. The third kappa shape index (κ3) is 5.78. The molecule has 9 heteroatoms. The van der Waals surface area contributed by atoms with Crippen molar-refractivity contribution in [3.05, 3.63) is 100 Å². The molecular formula is C25H22ClF2N3O3. The van der Waals surface area contributed by atoms with Crippen LogP contribution >= 0.6 is 11.6 Å². The minimum absolute atomic E-state index is 0.0631. The number of nitrogens with two attached hydrogens (primary N) is 1.